The van der Waals surface area contributed by atoms with Crippen LogP contribution in [0, 0.1) is 0 Å². The molecular weight excluding hydrogens is 450 g/mol. The van der Waals surface area contributed by atoms with Crippen LogP contribution in [0.1, 0.15) is 27.0 Å². The molecule has 1 aliphatic rings. The third-order valence-corrected chi connectivity index (χ3v) is 6.58. The zero-order chi connectivity index (χ0) is 23.5. The molecule has 2 N–H and O–H groups in total. The lowest BCUT2D eigenvalue weighted by Gasteiger charge is -2.26. The molecule has 4 aromatic rings. The van der Waals surface area contributed by atoms with Crippen molar-refractivity contribution in [2.24, 2.45) is 4.99 Å². The summed E-state index contributed by atoms with van der Waals surface area (Å²) >= 11 is 1.56. The molecule has 0 radical (unpaired) electrons. The van der Waals surface area contributed by atoms with Gasteiger partial charge in [-0.3, -0.25) is 4.90 Å². The van der Waals surface area contributed by atoms with Crippen LogP contribution in [0.3, 0.4) is 0 Å². The van der Waals surface area contributed by atoms with E-state index < -0.39 is 5.97 Å². The molecule has 1 fully saturated rings. The molecule has 174 valence electrons. The number of rotatable bonds is 6. The summed E-state index contributed by atoms with van der Waals surface area (Å²) in [5, 5.41) is 15.6. The molecule has 7 nitrogen and oxygen atoms in total. The number of thiophene rings is 1. The number of hydrogen-bond donors (Lipinski definition) is 2. The fourth-order valence-electron chi connectivity index (χ4n) is 4.20. The fraction of sp³-hybridized carbons (Fsp3) is 0.231. The van der Waals surface area contributed by atoms with Crippen LogP contribution in [0.2, 0.25) is 0 Å². The van der Waals surface area contributed by atoms with Gasteiger partial charge in [-0.2, -0.15) is 11.3 Å². The predicted molar refractivity (Wildman–Crippen MR) is 133 cm³/mol. The number of carbonyl (C=O) groups is 1. The van der Waals surface area contributed by atoms with Gasteiger partial charge >= 0.3 is 5.97 Å². The van der Waals surface area contributed by atoms with Crippen molar-refractivity contribution in [1.82, 2.24) is 9.88 Å². The molecule has 34 heavy (non-hydrogen) atoms. The Kier molecular flexibility index (Phi) is 6.44. The molecule has 0 atom stereocenters. The van der Waals surface area contributed by atoms with Crippen molar-refractivity contribution in [2.75, 3.05) is 33.4 Å². The van der Waals surface area contributed by atoms with E-state index in [1.807, 2.05) is 29.0 Å². The number of aromatic hydroxyl groups is 1. The van der Waals surface area contributed by atoms with E-state index in [0.29, 0.717) is 27.7 Å². The second-order valence-electron chi connectivity index (χ2n) is 8.13. The van der Waals surface area contributed by atoms with Crippen LogP contribution in [0.15, 0.2) is 64.3 Å². The molecular formula is C26H25N3O4S. The Balaban J connectivity index is 1.59. The average molecular weight is 476 g/mol. The van der Waals surface area contributed by atoms with Crippen LogP contribution in [-0.2, 0) is 16.0 Å². The number of carbonyl (C=O) groups excluding carboxylic acids is 1. The van der Waals surface area contributed by atoms with Gasteiger partial charge in [0.15, 0.2) is 5.88 Å². The highest BCUT2D eigenvalue weighted by molar-refractivity contribution is 7.08. The SMILES string of the molecule is COC(=O)c1ccc2[nH]c(O)c(C(=Nc3cccc(CN4CCOCC4)c3)c3ccsc3)c2c1. The molecule has 8 heteroatoms. The highest BCUT2D eigenvalue weighted by atomic mass is 32.1. The van der Waals surface area contributed by atoms with Gasteiger partial charge in [-0.15, -0.1) is 0 Å². The van der Waals surface area contributed by atoms with Crippen molar-refractivity contribution >= 4 is 39.6 Å². The van der Waals surface area contributed by atoms with E-state index in [9.17, 15) is 9.90 Å². The lowest BCUT2D eigenvalue weighted by atomic mass is 10.0. The molecule has 2 aromatic carbocycles. The molecule has 2 aromatic heterocycles. The standard InChI is InChI=1S/C26H25N3O4S/c1-32-26(31)18-5-6-22-21(14-18)23(25(30)28-22)24(19-7-12-34-16-19)27-20-4-2-3-17(13-20)15-29-8-10-33-11-9-29/h2-7,12-14,16,28,30H,8-11,15H2,1H3. The summed E-state index contributed by atoms with van der Waals surface area (Å²) < 4.78 is 10.3. The summed E-state index contributed by atoms with van der Waals surface area (Å²) in [4.78, 5) is 22.5. The average Bonchev–Trinajstić information content (AvgIpc) is 3.50. The van der Waals surface area contributed by atoms with Crippen LogP contribution >= 0.6 is 11.3 Å². The van der Waals surface area contributed by atoms with Crippen molar-refractivity contribution in [3.63, 3.8) is 0 Å². The van der Waals surface area contributed by atoms with Crippen LogP contribution in [0.4, 0.5) is 5.69 Å². The number of morpholine rings is 1. The van der Waals surface area contributed by atoms with E-state index >= 15 is 0 Å². The van der Waals surface area contributed by atoms with Gasteiger partial charge in [0.25, 0.3) is 0 Å². The summed E-state index contributed by atoms with van der Waals surface area (Å²) in [6.45, 7) is 4.18. The number of methoxy groups -OCH3 is 1. The number of aromatic nitrogens is 1. The molecule has 0 unspecified atom stereocenters. The van der Waals surface area contributed by atoms with Crippen LogP contribution < -0.4 is 0 Å². The molecule has 0 spiro atoms. The van der Waals surface area contributed by atoms with E-state index in [1.54, 1.807) is 29.5 Å². The number of nitrogens with zero attached hydrogens (tertiary/aromatic N) is 2. The zero-order valence-electron chi connectivity index (χ0n) is 18.8. The van der Waals surface area contributed by atoms with Gasteiger partial charge in [0.2, 0.25) is 0 Å². The number of fused-ring (bicyclic) bond motifs is 1. The lowest BCUT2D eigenvalue weighted by Crippen LogP contribution is -2.35. The van der Waals surface area contributed by atoms with Gasteiger partial charge in [-0.25, -0.2) is 9.79 Å². The number of H-pyrrole nitrogens is 1. The zero-order valence-corrected chi connectivity index (χ0v) is 19.6. The maximum absolute atomic E-state index is 12.1. The van der Waals surface area contributed by atoms with Crippen molar-refractivity contribution in [2.45, 2.75) is 6.54 Å². The summed E-state index contributed by atoms with van der Waals surface area (Å²) in [7, 11) is 1.35. The maximum Gasteiger partial charge on any atom is 0.337 e. The van der Waals surface area contributed by atoms with Crippen molar-refractivity contribution < 1.29 is 19.4 Å². The van der Waals surface area contributed by atoms with E-state index in [-0.39, 0.29) is 5.88 Å². The fourth-order valence-corrected chi connectivity index (χ4v) is 4.84. The number of aromatic amines is 1. The number of nitrogens with one attached hydrogen (secondary N) is 1. The number of hydrogen-bond acceptors (Lipinski definition) is 7. The van der Waals surface area contributed by atoms with Crippen molar-refractivity contribution in [1.29, 1.82) is 0 Å². The number of aliphatic imine (C=N–C) groups is 1. The van der Waals surface area contributed by atoms with Gasteiger partial charge in [0, 0.05) is 41.5 Å². The largest absolute Gasteiger partial charge is 0.494 e. The quantitative estimate of drug-likeness (QED) is 0.311. The second-order valence-corrected chi connectivity index (χ2v) is 8.91. The Morgan fingerprint density at radius 1 is 1.18 bits per heavy atom. The van der Waals surface area contributed by atoms with E-state index in [0.717, 1.165) is 44.1 Å². The molecule has 0 saturated carbocycles. The summed E-state index contributed by atoms with van der Waals surface area (Å²) in [5.41, 5.74) is 5.17. The minimum absolute atomic E-state index is 0.00596. The highest BCUT2D eigenvalue weighted by Gasteiger charge is 2.21. The van der Waals surface area contributed by atoms with E-state index in [4.69, 9.17) is 14.5 Å². The molecule has 0 amide bonds. The topological polar surface area (TPSA) is 87.2 Å². The summed E-state index contributed by atoms with van der Waals surface area (Å²) in [6, 6.07) is 15.3. The number of benzene rings is 2. The van der Waals surface area contributed by atoms with Crippen LogP contribution in [-0.4, -0.2) is 60.1 Å². The normalized spacial score (nSPS) is 15.0. The molecule has 3 heterocycles. The maximum atomic E-state index is 12.1. The smallest absolute Gasteiger partial charge is 0.337 e. The van der Waals surface area contributed by atoms with E-state index in [2.05, 4.69) is 22.0 Å². The summed E-state index contributed by atoms with van der Waals surface area (Å²) in [6.07, 6.45) is 0. The number of ether oxygens (including phenoxy) is 2. The van der Waals surface area contributed by atoms with Crippen LogP contribution in [0.25, 0.3) is 10.9 Å². The first-order valence-corrected chi connectivity index (χ1v) is 12.0. The Bertz CT molecular complexity index is 1340. The molecule has 1 saturated heterocycles. The van der Waals surface area contributed by atoms with Gasteiger partial charge in [0.1, 0.15) is 0 Å². The highest BCUT2D eigenvalue weighted by Crippen LogP contribution is 2.33. The summed E-state index contributed by atoms with van der Waals surface area (Å²) in [5.74, 6) is -0.426. The first kappa shape index (κ1) is 22.3. The van der Waals surface area contributed by atoms with Gasteiger partial charge in [-0.1, -0.05) is 12.1 Å². The first-order chi connectivity index (χ1) is 16.6. The minimum Gasteiger partial charge on any atom is -0.494 e. The first-order valence-electron chi connectivity index (χ1n) is 11.1. The third kappa shape index (κ3) is 4.61. The second kappa shape index (κ2) is 9.80. The van der Waals surface area contributed by atoms with Gasteiger partial charge in [-0.05, 0) is 47.3 Å². The minimum atomic E-state index is -0.432. The predicted octanol–water partition coefficient (Wildman–Crippen LogP) is 4.72. The van der Waals surface area contributed by atoms with Crippen molar-refractivity contribution in [3.05, 3.63) is 81.5 Å². The van der Waals surface area contributed by atoms with Crippen molar-refractivity contribution in [3.8, 4) is 5.88 Å². The Labute approximate surface area is 201 Å². The Hall–Kier alpha value is -3.46. The third-order valence-electron chi connectivity index (χ3n) is 5.89. The molecule has 1 aliphatic heterocycles. The van der Waals surface area contributed by atoms with Gasteiger partial charge < -0.3 is 19.6 Å². The molecule has 0 aliphatic carbocycles. The lowest BCUT2D eigenvalue weighted by molar-refractivity contribution is 0.0342. The molecule has 5 rings (SSSR count). The van der Waals surface area contributed by atoms with Gasteiger partial charge in [0.05, 0.1) is 42.8 Å². The Morgan fingerprint density at radius 2 is 2.03 bits per heavy atom. The number of esters is 1. The van der Waals surface area contributed by atoms with E-state index in [1.165, 1.54) is 12.7 Å². The monoisotopic (exact) mass is 475 g/mol. The Morgan fingerprint density at radius 3 is 2.79 bits per heavy atom. The van der Waals surface area contributed by atoms with Crippen LogP contribution in [0.5, 0.6) is 5.88 Å². The molecule has 0 bridgehead atoms.